The molecule has 0 aliphatic carbocycles. The van der Waals surface area contributed by atoms with Crippen molar-refractivity contribution in [3.8, 4) is 0 Å². The number of hydrogen-bond donors (Lipinski definition) is 0. The first-order chi connectivity index (χ1) is 10.8. The molecule has 118 valence electrons. The summed E-state index contributed by atoms with van der Waals surface area (Å²) in [6, 6.07) is 6.97. The van der Waals surface area contributed by atoms with Crippen LogP contribution in [0.25, 0.3) is 11.1 Å². The zero-order valence-corrected chi connectivity index (χ0v) is 13.3. The quantitative estimate of drug-likeness (QED) is 0.851. The normalized spacial score (nSPS) is 21.6. The van der Waals surface area contributed by atoms with Gasteiger partial charge in [0.25, 0.3) is 6.01 Å². The zero-order valence-electron chi connectivity index (χ0n) is 12.5. The molecule has 0 N–H and O–H groups in total. The van der Waals surface area contributed by atoms with E-state index in [1.807, 2.05) is 18.2 Å². The first kappa shape index (κ1) is 14.3. The summed E-state index contributed by atoms with van der Waals surface area (Å²) in [5.41, 5.74) is 1.63. The molecule has 2 fully saturated rings. The fourth-order valence-electron chi connectivity index (χ4n) is 3.35. The standard InChI is InChI=1S/C16H20ClN3O2/c17-12-1-2-14-15(11-12)22-16(18-14)20-7-5-19(6-8-20)13-3-9-21-10-4-13/h1-2,11,13H,3-10H2. The molecule has 2 aromatic rings. The first-order valence-electron chi connectivity index (χ1n) is 7.92. The molecule has 0 atom stereocenters. The van der Waals surface area contributed by atoms with Crippen molar-refractivity contribution in [1.29, 1.82) is 0 Å². The highest BCUT2D eigenvalue weighted by atomic mass is 35.5. The average molecular weight is 322 g/mol. The van der Waals surface area contributed by atoms with E-state index in [0.717, 1.165) is 63.3 Å². The second kappa shape index (κ2) is 6.07. The topological polar surface area (TPSA) is 41.7 Å². The van der Waals surface area contributed by atoms with Gasteiger partial charge in [-0.2, -0.15) is 4.98 Å². The van der Waals surface area contributed by atoms with Crippen molar-refractivity contribution in [2.45, 2.75) is 18.9 Å². The van der Waals surface area contributed by atoms with E-state index in [0.29, 0.717) is 17.1 Å². The van der Waals surface area contributed by atoms with Gasteiger partial charge in [0.15, 0.2) is 5.58 Å². The molecular formula is C16H20ClN3O2. The smallest absolute Gasteiger partial charge is 0.298 e. The first-order valence-corrected chi connectivity index (χ1v) is 8.30. The van der Waals surface area contributed by atoms with Gasteiger partial charge < -0.3 is 14.1 Å². The number of nitrogens with zero attached hydrogens (tertiary/aromatic N) is 3. The van der Waals surface area contributed by atoms with Crippen molar-refractivity contribution in [3.05, 3.63) is 23.2 Å². The highest BCUT2D eigenvalue weighted by Gasteiger charge is 2.27. The summed E-state index contributed by atoms with van der Waals surface area (Å²) in [5, 5.41) is 0.680. The number of fused-ring (bicyclic) bond motifs is 1. The Kier molecular flexibility index (Phi) is 3.94. The van der Waals surface area contributed by atoms with Crippen LogP contribution in [-0.2, 0) is 4.74 Å². The van der Waals surface area contributed by atoms with Crippen molar-refractivity contribution in [2.24, 2.45) is 0 Å². The second-order valence-electron chi connectivity index (χ2n) is 5.98. The summed E-state index contributed by atoms with van der Waals surface area (Å²) in [6.07, 6.45) is 2.31. The molecule has 2 saturated heterocycles. The Morgan fingerprint density at radius 3 is 2.64 bits per heavy atom. The van der Waals surface area contributed by atoms with Crippen LogP contribution < -0.4 is 4.90 Å². The van der Waals surface area contributed by atoms with Crippen LogP contribution in [0.1, 0.15) is 12.8 Å². The van der Waals surface area contributed by atoms with Crippen molar-refractivity contribution in [3.63, 3.8) is 0 Å². The molecule has 1 aromatic heterocycles. The van der Waals surface area contributed by atoms with Crippen molar-refractivity contribution in [1.82, 2.24) is 9.88 Å². The van der Waals surface area contributed by atoms with Crippen LogP contribution >= 0.6 is 11.6 Å². The van der Waals surface area contributed by atoms with E-state index in [1.165, 1.54) is 0 Å². The fourth-order valence-corrected chi connectivity index (χ4v) is 3.51. The van der Waals surface area contributed by atoms with E-state index in [4.69, 9.17) is 20.8 Å². The molecule has 2 aliphatic rings. The van der Waals surface area contributed by atoms with Gasteiger partial charge in [0, 0.05) is 56.5 Å². The summed E-state index contributed by atoms with van der Waals surface area (Å²) in [4.78, 5) is 9.38. The van der Waals surface area contributed by atoms with Gasteiger partial charge in [0.1, 0.15) is 5.52 Å². The van der Waals surface area contributed by atoms with Crippen LogP contribution in [0.5, 0.6) is 0 Å². The van der Waals surface area contributed by atoms with E-state index in [9.17, 15) is 0 Å². The van der Waals surface area contributed by atoms with E-state index in [-0.39, 0.29) is 0 Å². The molecule has 0 spiro atoms. The maximum Gasteiger partial charge on any atom is 0.298 e. The Labute approximate surface area is 134 Å². The SMILES string of the molecule is Clc1ccc2nc(N3CCN(C4CCOCC4)CC3)oc2c1. The zero-order chi connectivity index (χ0) is 14.9. The van der Waals surface area contributed by atoms with Crippen LogP contribution in [0.3, 0.4) is 0 Å². The maximum absolute atomic E-state index is 6.00. The summed E-state index contributed by atoms with van der Waals surface area (Å²) in [6.45, 7) is 5.83. The molecule has 0 saturated carbocycles. The number of aromatic nitrogens is 1. The summed E-state index contributed by atoms with van der Waals surface area (Å²) in [7, 11) is 0. The lowest BCUT2D eigenvalue weighted by Crippen LogP contribution is -2.51. The predicted octanol–water partition coefficient (Wildman–Crippen LogP) is 2.78. The molecule has 22 heavy (non-hydrogen) atoms. The molecule has 5 nitrogen and oxygen atoms in total. The number of oxazole rings is 1. The third-order valence-electron chi connectivity index (χ3n) is 4.63. The number of rotatable bonds is 2. The summed E-state index contributed by atoms with van der Waals surface area (Å²) >= 11 is 6.00. The van der Waals surface area contributed by atoms with Gasteiger partial charge >= 0.3 is 0 Å². The van der Waals surface area contributed by atoms with E-state index >= 15 is 0 Å². The number of anilines is 1. The number of hydrogen-bond acceptors (Lipinski definition) is 5. The maximum atomic E-state index is 6.00. The highest BCUT2D eigenvalue weighted by Crippen LogP contribution is 2.26. The Balaban J connectivity index is 1.43. The molecule has 0 radical (unpaired) electrons. The average Bonchev–Trinajstić information content (AvgIpc) is 2.99. The molecule has 4 rings (SSSR count). The number of benzene rings is 1. The lowest BCUT2D eigenvalue weighted by Gasteiger charge is -2.40. The molecule has 0 bridgehead atoms. The third-order valence-corrected chi connectivity index (χ3v) is 4.87. The minimum atomic E-state index is 0.679. The Morgan fingerprint density at radius 1 is 1.09 bits per heavy atom. The number of piperazine rings is 1. The highest BCUT2D eigenvalue weighted by molar-refractivity contribution is 6.31. The van der Waals surface area contributed by atoms with Gasteiger partial charge in [0.05, 0.1) is 0 Å². The van der Waals surface area contributed by atoms with Crippen molar-refractivity contribution in [2.75, 3.05) is 44.3 Å². The minimum Gasteiger partial charge on any atom is -0.423 e. The molecule has 3 heterocycles. The van der Waals surface area contributed by atoms with Crippen molar-refractivity contribution >= 4 is 28.7 Å². The second-order valence-corrected chi connectivity index (χ2v) is 6.41. The lowest BCUT2D eigenvalue weighted by molar-refractivity contribution is 0.0318. The predicted molar refractivity (Wildman–Crippen MR) is 86.6 cm³/mol. The summed E-state index contributed by atoms with van der Waals surface area (Å²) < 4.78 is 11.3. The molecule has 6 heteroatoms. The van der Waals surface area contributed by atoms with Gasteiger partial charge in [-0.05, 0) is 25.0 Å². The van der Waals surface area contributed by atoms with Crippen LogP contribution in [-0.4, -0.2) is 55.3 Å². The molecule has 2 aliphatic heterocycles. The Hall–Kier alpha value is -1.30. The van der Waals surface area contributed by atoms with E-state index in [1.54, 1.807) is 0 Å². The van der Waals surface area contributed by atoms with Gasteiger partial charge in [-0.15, -0.1) is 0 Å². The van der Waals surface area contributed by atoms with Gasteiger partial charge in [-0.1, -0.05) is 11.6 Å². The largest absolute Gasteiger partial charge is 0.423 e. The van der Waals surface area contributed by atoms with Gasteiger partial charge in [0.2, 0.25) is 0 Å². The van der Waals surface area contributed by atoms with Gasteiger partial charge in [-0.3, -0.25) is 4.90 Å². The van der Waals surface area contributed by atoms with E-state index in [2.05, 4.69) is 14.8 Å². The lowest BCUT2D eigenvalue weighted by atomic mass is 10.1. The monoisotopic (exact) mass is 321 g/mol. The molecule has 0 amide bonds. The van der Waals surface area contributed by atoms with Crippen LogP contribution in [0.2, 0.25) is 5.02 Å². The number of ether oxygens (including phenoxy) is 1. The Morgan fingerprint density at radius 2 is 1.86 bits per heavy atom. The summed E-state index contributed by atoms with van der Waals surface area (Å²) in [5.74, 6) is 0. The molecule has 0 unspecified atom stereocenters. The van der Waals surface area contributed by atoms with Gasteiger partial charge in [-0.25, -0.2) is 0 Å². The van der Waals surface area contributed by atoms with Crippen LogP contribution in [0.15, 0.2) is 22.6 Å². The molecular weight excluding hydrogens is 302 g/mol. The van der Waals surface area contributed by atoms with E-state index < -0.39 is 0 Å². The minimum absolute atomic E-state index is 0.679. The third kappa shape index (κ3) is 2.81. The number of halogens is 1. The van der Waals surface area contributed by atoms with Crippen LogP contribution in [0, 0.1) is 0 Å². The fraction of sp³-hybridized carbons (Fsp3) is 0.562. The van der Waals surface area contributed by atoms with Crippen molar-refractivity contribution < 1.29 is 9.15 Å². The van der Waals surface area contributed by atoms with Crippen LogP contribution in [0.4, 0.5) is 6.01 Å². The molecule has 1 aromatic carbocycles. The Bertz CT molecular complexity index is 646.